The van der Waals surface area contributed by atoms with Gasteiger partial charge in [-0.15, -0.1) is 0 Å². The molecule has 0 aliphatic rings. The van der Waals surface area contributed by atoms with Crippen LogP contribution in [0.15, 0.2) is 83.5 Å². The van der Waals surface area contributed by atoms with Crippen LogP contribution in [0.25, 0.3) is 0 Å². The number of nitrogens with one attached hydrogen (secondary N) is 1. The first-order chi connectivity index (χ1) is 12.1. The number of rotatable bonds is 7. The van der Waals surface area contributed by atoms with Crippen molar-refractivity contribution in [1.29, 1.82) is 0 Å². The summed E-state index contributed by atoms with van der Waals surface area (Å²) in [6, 6.07) is 20.3. The van der Waals surface area contributed by atoms with Crippen LogP contribution in [0.2, 0.25) is 0 Å². The van der Waals surface area contributed by atoms with Gasteiger partial charge in [0, 0.05) is 15.5 Å². The third kappa shape index (κ3) is 3.87. The van der Waals surface area contributed by atoms with Crippen LogP contribution < -0.4 is 15.7 Å². The van der Waals surface area contributed by atoms with E-state index < -0.39 is 24.8 Å². The van der Waals surface area contributed by atoms with Gasteiger partial charge in [-0.1, -0.05) is 36.4 Å². The second-order valence-corrected chi connectivity index (χ2v) is 8.00. The average molecular weight is 356 g/mol. The molecule has 0 unspecified atom stereocenters. The Bertz CT molecular complexity index is 823. The van der Waals surface area contributed by atoms with Crippen LogP contribution in [0.1, 0.15) is 11.8 Å². The molecule has 1 aromatic heterocycles. The van der Waals surface area contributed by atoms with Crippen molar-refractivity contribution in [3.63, 3.8) is 0 Å². The van der Waals surface area contributed by atoms with Gasteiger partial charge in [0.25, 0.3) is 0 Å². The molecule has 6 nitrogen and oxygen atoms in total. The van der Waals surface area contributed by atoms with Gasteiger partial charge >= 0.3 is 0 Å². The maximum atomic E-state index is 13.9. The highest BCUT2D eigenvalue weighted by molar-refractivity contribution is 7.76. The number of nitro groups is 1. The molecular formula is C18H17N2O4P. The lowest BCUT2D eigenvalue weighted by Crippen LogP contribution is -2.33. The summed E-state index contributed by atoms with van der Waals surface area (Å²) in [5, 5.41) is 15.3. The highest BCUT2D eigenvalue weighted by Gasteiger charge is 2.33. The van der Waals surface area contributed by atoms with Crippen LogP contribution in [0.5, 0.6) is 0 Å². The van der Waals surface area contributed by atoms with Crippen molar-refractivity contribution in [2.45, 2.75) is 6.04 Å². The van der Waals surface area contributed by atoms with Gasteiger partial charge in [0.1, 0.15) is 11.8 Å². The summed E-state index contributed by atoms with van der Waals surface area (Å²) in [7, 11) is -3.29. The fraction of sp³-hybridized carbons (Fsp3) is 0.111. The molecule has 0 saturated heterocycles. The van der Waals surface area contributed by atoms with E-state index in [2.05, 4.69) is 5.09 Å². The van der Waals surface area contributed by atoms with Gasteiger partial charge < -0.3 is 4.42 Å². The number of hydrogen-bond donors (Lipinski definition) is 1. The summed E-state index contributed by atoms with van der Waals surface area (Å²) in [5.74, 6) is 0.379. The van der Waals surface area contributed by atoms with Crippen LogP contribution in [0, 0.1) is 10.1 Å². The molecule has 0 spiro atoms. The van der Waals surface area contributed by atoms with E-state index >= 15 is 0 Å². The van der Waals surface area contributed by atoms with E-state index in [1.807, 2.05) is 12.1 Å². The topological polar surface area (TPSA) is 85.4 Å². The zero-order valence-corrected chi connectivity index (χ0v) is 14.2. The fourth-order valence-corrected chi connectivity index (χ4v) is 5.05. The molecule has 0 amide bonds. The van der Waals surface area contributed by atoms with E-state index in [4.69, 9.17) is 4.42 Å². The molecule has 3 aromatic rings. The number of furan rings is 1. The van der Waals surface area contributed by atoms with E-state index in [0.29, 0.717) is 16.4 Å². The first-order valence-corrected chi connectivity index (χ1v) is 9.44. The van der Waals surface area contributed by atoms with Gasteiger partial charge in [-0.25, -0.2) is 5.09 Å². The Labute approximate surface area is 145 Å². The second kappa shape index (κ2) is 7.47. The molecule has 0 aliphatic carbocycles. The minimum absolute atomic E-state index is 0.379. The summed E-state index contributed by atoms with van der Waals surface area (Å²) >= 11 is 0. The van der Waals surface area contributed by atoms with E-state index in [1.54, 1.807) is 60.7 Å². The van der Waals surface area contributed by atoms with E-state index in [9.17, 15) is 14.7 Å². The molecule has 0 bridgehead atoms. The van der Waals surface area contributed by atoms with E-state index in [0.717, 1.165) is 0 Å². The molecule has 1 atom stereocenters. The number of benzene rings is 2. The molecule has 0 aliphatic heterocycles. The number of hydrogen-bond acceptors (Lipinski definition) is 4. The highest BCUT2D eigenvalue weighted by Crippen LogP contribution is 2.41. The Kier molecular flexibility index (Phi) is 5.12. The minimum atomic E-state index is -3.29. The average Bonchev–Trinajstić information content (AvgIpc) is 3.17. The van der Waals surface area contributed by atoms with Crippen molar-refractivity contribution in [2.75, 3.05) is 6.54 Å². The van der Waals surface area contributed by atoms with E-state index in [-0.39, 0.29) is 0 Å². The first kappa shape index (κ1) is 17.1. The first-order valence-electron chi connectivity index (χ1n) is 7.74. The van der Waals surface area contributed by atoms with Crippen LogP contribution in [-0.2, 0) is 4.57 Å². The normalized spacial score (nSPS) is 12.6. The Morgan fingerprint density at radius 2 is 1.52 bits per heavy atom. The van der Waals surface area contributed by atoms with Gasteiger partial charge in [-0.05, 0) is 36.4 Å². The summed E-state index contributed by atoms with van der Waals surface area (Å²) in [6.45, 7) is -0.433. The van der Waals surface area contributed by atoms with Gasteiger partial charge in [-0.2, -0.15) is 0 Å². The van der Waals surface area contributed by atoms with Crippen molar-refractivity contribution >= 4 is 17.9 Å². The zero-order chi connectivity index (χ0) is 17.7. The fourth-order valence-electron chi connectivity index (χ4n) is 2.63. The van der Waals surface area contributed by atoms with Crippen molar-refractivity contribution in [3.05, 3.63) is 94.9 Å². The van der Waals surface area contributed by atoms with Gasteiger partial charge in [-0.3, -0.25) is 14.7 Å². The van der Waals surface area contributed by atoms with Crippen LogP contribution in [-0.4, -0.2) is 11.5 Å². The zero-order valence-electron chi connectivity index (χ0n) is 13.3. The molecule has 0 radical (unpaired) electrons. The highest BCUT2D eigenvalue weighted by atomic mass is 31.2. The molecule has 2 aromatic carbocycles. The molecule has 3 rings (SSSR count). The Hall–Kier alpha value is -2.69. The molecule has 0 fully saturated rings. The number of nitrogens with zero attached hydrogens (tertiary/aromatic N) is 1. The maximum absolute atomic E-state index is 13.9. The quantitative estimate of drug-likeness (QED) is 0.399. The smallest absolute Gasteiger partial charge is 0.226 e. The standard InChI is InChI=1S/C18H17N2O4P/c21-20(22)14-17(18-12-7-13-24-18)19-25(23,15-8-3-1-4-9-15)16-10-5-2-6-11-16/h1-13,17H,14H2,(H,19,23)/t17-/m1/s1. The lowest BCUT2D eigenvalue weighted by molar-refractivity contribution is -0.484. The summed E-state index contributed by atoms with van der Waals surface area (Å²) < 4.78 is 19.3. The molecule has 0 saturated carbocycles. The summed E-state index contributed by atoms with van der Waals surface area (Å²) in [5.41, 5.74) is 0. The molecule has 1 heterocycles. The van der Waals surface area contributed by atoms with Gasteiger partial charge in [0.15, 0.2) is 0 Å². The third-order valence-electron chi connectivity index (χ3n) is 3.80. The van der Waals surface area contributed by atoms with E-state index in [1.165, 1.54) is 6.26 Å². The summed E-state index contributed by atoms with van der Waals surface area (Å²) in [6.07, 6.45) is 1.44. The molecule has 128 valence electrons. The van der Waals surface area contributed by atoms with Crippen LogP contribution in [0.4, 0.5) is 0 Å². The Balaban J connectivity index is 2.05. The van der Waals surface area contributed by atoms with Crippen molar-refractivity contribution in [1.82, 2.24) is 5.09 Å². The second-order valence-electron chi connectivity index (χ2n) is 5.49. The van der Waals surface area contributed by atoms with Crippen LogP contribution in [0.3, 0.4) is 0 Å². The Morgan fingerprint density at radius 1 is 0.960 bits per heavy atom. The third-order valence-corrected chi connectivity index (χ3v) is 6.52. The molecule has 7 heteroatoms. The lowest BCUT2D eigenvalue weighted by atomic mass is 10.2. The van der Waals surface area contributed by atoms with Crippen molar-refractivity contribution in [2.24, 2.45) is 0 Å². The maximum Gasteiger partial charge on any atom is 0.226 e. The monoisotopic (exact) mass is 356 g/mol. The van der Waals surface area contributed by atoms with Crippen molar-refractivity contribution < 1.29 is 13.9 Å². The molecule has 25 heavy (non-hydrogen) atoms. The van der Waals surface area contributed by atoms with Gasteiger partial charge in [0.05, 0.1) is 6.26 Å². The predicted octanol–water partition coefficient (Wildman–Crippen LogP) is 3.12. The minimum Gasteiger partial charge on any atom is -0.467 e. The SMILES string of the molecule is O=[N+]([O-])C[C@@H](NP(=O)(c1ccccc1)c1ccccc1)c1ccco1. The van der Waals surface area contributed by atoms with Crippen molar-refractivity contribution in [3.8, 4) is 0 Å². The predicted molar refractivity (Wildman–Crippen MR) is 96.2 cm³/mol. The molecule has 1 N–H and O–H groups in total. The largest absolute Gasteiger partial charge is 0.467 e. The Morgan fingerprint density at radius 3 is 1.96 bits per heavy atom. The van der Waals surface area contributed by atoms with Gasteiger partial charge in [0.2, 0.25) is 13.8 Å². The van der Waals surface area contributed by atoms with Crippen LogP contribution >= 0.6 is 7.29 Å². The molecular weight excluding hydrogens is 339 g/mol. The summed E-state index contributed by atoms with van der Waals surface area (Å²) in [4.78, 5) is 10.7. The lowest BCUT2D eigenvalue weighted by Gasteiger charge is -2.24.